The van der Waals surface area contributed by atoms with E-state index in [1.165, 1.54) is 12.1 Å². The lowest BCUT2D eigenvalue weighted by Gasteiger charge is -2.25. The standard InChI is InChI=1S/C13H15ClFNO2/c14-11-5-4-10(8-12(11)15)9-18-13(17)16-6-2-1-3-7-16/h4-5,8H,1-3,6-7,9H2. The van der Waals surface area contributed by atoms with Gasteiger partial charge < -0.3 is 9.64 Å². The fourth-order valence-electron chi connectivity index (χ4n) is 1.94. The Morgan fingerprint density at radius 1 is 1.33 bits per heavy atom. The van der Waals surface area contributed by atoms with E-state index in [0.29, 0.717) is 5.56 Å². The number of likely N-dealkylation sites (tertiary alicyclic amines) is 1. The van der Waals surface area contributed by atoms with Crippen LogP contribution in [0.3, 0.4) is 0 Å². The van der Waals surface area contributed by atoms with Gasteiger partial charge in [-0.25, -0.2) is 9.18 Å². The molecule has 1 saturated heterocycles. The van der Waals surface area contributed by atoms with Crippen molar-refractivity contribution in [1.82, 2.24) is 4.90 Å². The zero-order valence-corrected chi connectivity index (χ0v) is 10.8. The molecule has 1 fully saturated rings. The second-order valence-electron chi connectivity index (χ2n) is 4.35. The lowest BCUT2D eigenvalue weighted by atomic mass is 10.1. The van der Waals surface area contributed by atoms with Gasteiger partial charge in [0, 0.05) is 13.1 Å². The first-order valence-electron chi connectivity index (χ1n) is 6.02. The molecule has 1 heterocycles. The average molecular weight is 272 g/mol. The van der Waals surface area contributed by atoms with Crippen LogP contribution in [0.1, 0.15) is 24.8 Å². The van der Waals surface area contributed by atoms with Crippen LogP contribution < -0.4 is 0 Å². The number of rotatable bonds is 2. The molecule has 0 bridgehead atoms. The average Bonchev–Trinajstić information content (AvgIpc) is 2.41. The Morgan fingerprint density at radius 3 is 2.72 bits per heavy atom. The first-order chi connectivity index (χ1) is 8.66. The first-order valence-corrected chi connectivity index (χ1v) is 6.40. The number of amides is 1. The number of hydrogen-bond acceptors (Lipinski definition) is 2. The molecule has 0 atom stereocenters. The lowest BCUT2D eigenvalue weighted by Crippen LogP contribution is -2.35. The van der Waals surface area contributed by atoms with E-state index in [9.17, 15) is 9.18 Å². The molecule has 0 aliphatic carbocycles. The molecule has 18 heavy (non-hydrogen) atoms. The second kappa shape index (κ2) is 6.05. The Kier molecular flexibility index (Phi) is 4.42. The highest BCUT2D eigenvalue weighted by atomic mass is 35.5. The minimum absolute atomic E-state index is 0.0705. The Balaban J connectivity index is 1.86. The molecule has 2 rings (SSSR count). The van der Waals surface area contributed by atoms with Crippen molar-refractivity contribution in [3.05, 3.63) is 34.6 Å². The van der Waals surface area contributed by atoms with Gasteiger partial charge in [0.1, 0.15) is 12.4 Å². The third kappa shape index (κ3) is 3.35. The van der Waals surface area contributed by atoms with E-state index in [2.05, 4.69) is 0 Å². The topological polar surface area (TPSA) is 29.5 Å². The van der Waals surface area contributed by atoms with Crippen molar-refractivity contribution >= 4 is 17.7 Å². The van der Waals surface area contributed by atoms with E-state index in [-0.39, 0.29) is 17.7 Å². The maximum Gasteiger partial charge on any atom is 0.410 e. The monoisotopic (exact) mass is 271 g/mol. The van der Waals surface area contributed by atoms with Gasteiger partial charge in [-0.2, -0.15) is 0 Å². The summed E-state index contributed by atoms with van der Waals surface area (Å²) in [6.45, 7) is 1.56. The zero-order chi connectivity index (χ0) is 13.0. The maximum absolute atomic E-state index is 13.2. The van der Waals surface area contributed by atoms with Gasteiger partial charge >= 0.3 is 6.09 Å². The van der Waals surface area contributed by atoms with Gasteiger partial charge in [0.2, 0.25) is 0 Å². The van der Waals surface area contributed by atoms with Gasteiger partial charge in [0.15, 0.2) is 0 Å². The smallest absolute Gasteiger partial charge is 0.410 e. The highest BCUT2D eigenvalue weighted by Crippen LogP contribution is 2.17. The molecule has 0 unspecified atom stereocenters. The van der Waals surface area contributed by atoms with Crippen molar-refractivity contribution in [3.63, 3.8) is 0 Å². The summed E-state index contributed by atoms with van der Waals surface area (Å²) in [6, 6.07) is 4.39. The number of carbonyl (C=O) groups excluding carboxylic acids is 1. The van der Waals surface area contributed by atoms with E-state index in [0.717, 1.165) is 32.4 Å². The fraction of sp³-hybridized carbons (Fsp3) is 0.462. The van der Waals surface area contributed by atoms with Gasteiger partial charge in [-0.15, -0.1) is 0 Å². The number of benzene rings is 1. The van der Waals surface area contributed by atoms with Crippen LogP contribution in [0.4, 0.5) is 9.18 Å². The number of ether oxygens (including phenoxy) is 1. The van der Waals surface area contributed by atoms with Crippen molar-refractivity contribution in [2.45, 2.75) is 25.9 Å². The third-order valence-electron chi connectivity index (χ3n) is 2.96. The van der Waals surface area contributed by atoms with Crippen LogP contribution in [-0.2, 0) is 11.3 Å². The SMILES string of the molecule is O=C(OCc1ccc(Cl)c(F)c1)N1CCCCC1. The Bertz CT molecular complexity index is 433. The van der Waals surface area contributed by atoms with Crippen LogP contribution in [0, 0.1) is 5.82 Å². The lowest BCUT2D eigenvalue weighted by molar-refractivity contribution is 0.0894. The van der Waals surface area contributed by atoms with Gasteiger partial charge in [-0.05, 0) is 37.0 Å². The van der Waals surface area contributed by atoms with Crippen molar-refractivity contribution in [1.29, 1.82) is 0 Å². The number of hydrogen-bond donors (Lipinski definition) is 0. The predicted molar refractivity (Wildman–Crippen MR) is 67.0 cm³/mol. The molecule has 98 valence electrons. The van der Waals surface area contributed by atoms with E-state index in [4.69, 9.17) is 16.3 Å². The largest absolute Gasteiger partial charge is 0.445 e. The van der Waals surface area contributed by atoms with Crippen molar-refractivity contribution in [3.8, 4) is 0 Å². The minimum atomic E-state index is -0.497. The molecule has 1 aromatic carbocycles. The van der Waals surface area contributed by atoms with Crippen molar-refractivity contribution in [2.75, 3.05) is 13.1 Å². The van der Waals surface area contributed by atoms with Gasteiger partial charge in [0.25, 0.3) is 0 Å². The maximum atomic E-state index is 13.2. The molecule has 1 amide bonds. The minimum Gasteiger partial charge on any atom is -0.445 e. The van der Waals surface area contributed by atoms with Crippen LogP contribution in [0.15, 0.2) is 18.2 Å². The Labute approximate surface area is 110 Å². The summed E-state index contributed by atoms with van der Waals surface area (Å²) in [4.78, 5) is 13.4. The van der Waals surface area contributed by atoms with Crippen LogP contribution in [0.5, 0.6) is 0 Å². The quantitative estimate of drug-likeness (QED) is 0.822. The number of nitrogens with zero attached hydrogens (tertiary/aromatic N) is 1. The predicted octanol–water partition coefficient (Wildman–Crippen LogP) is 3.60. The molecule has 3 nitrogen and oxygen atoms in total. The number of piperidine rings is 1. The van der Waals surface area contributed by atoms with Crippen LogP contribution >= 0.6 is 11.6 Å². The molecule has 1 aromatic rings. The molecular weight excluding hydrogens is 257 g/mol. The third-order valence-corrected chi connectivity index (χ3v) is 3.27. The number of halogens is 2. The molecule has 5 heteroatoms. The van der Waals surface area contributed by atoms with Gasteiger partial charge in [-0.1, -0.05) is 17.7 Å². The van der Waals surface area contributed by atoms with Crippen LogP contribution in [-0.4, -0.2) is 24.1 Å². The molecule has 1 aliphatic rings. The summed E-state index contributed by atoms with van der Waals surface area (Å²) in [7, 11) is 0. The van der Waals surface area contributed by atoms with Crippen LogP contribution in [0.2, 0.25) is 5.02 Å². The molecule has 0 saturated carbocycles. The molecule has 0 radical (unpaired) electrons. The van der Waals surface area contributed by atoms with E-state index in [1.54, 1.807) is 11.0 Å². The Hall–Kier alpha value is -1.29. The van der Waals surface area contributed by atoms with Crippen molar-refractivity contribution in [2.24, 2.45) is 0 Å². The molecule has 0 N–H and O–H groups in total. The summed E-state index contributed by atoms with van der Waals surface area (Å²) in [5, 5.41) is 0.0705. The van der Waals surface area contributed by atoms with Crippen molar-refractivity contribution < 1.29 is 13.9 Å². The normalized spacial score (nSPS) is 15.6. The first kappa shape index (κ1) is 13.1. The highest BCUT2D eigenvalue weighted by molar-refractivity contribution is 6.30. The Morgan fingerprint density at radius 2 is 2.06 bits per heavy atom. The number of carbonyl (C=O) groups is 1. The summed E-state index contributed by atoms with van der Waals surface area (Å²) >= 11 is 5.57. The van der Waals surface area contributed by atoms with E-state index in [1.807, 2.05) is 0 Å². The summed E-state index contributed by atoms with van der Waals surface area (Å²) in [5.41, 5.74) is 0.599. The second-order valence-corrected chi connectivity index (χ2v) is 4.76. The molecule has 0 spiro atoms. The summed E-state index contributed by atoms with van der Waals surface area (Å²) < 4.78 is 18.3. The zero-order valence-electron chi connectivity index (χ0n) is 9.99. The van der Waals surface area contributed by atoms with E-state index >= 15 is 0 Å². The highest BCUT2D eigenvalue weighted by Gasteiger charge is 2.17. The molecule has 1 aliphatic heterocycles. The van der Waals surface area contributed by atoms with E-state index < -0.39 is 5.82 Å². The van der Waals surface area contributed by atoms with Gasteiger partial charge in [-0.3, -0.25) is 0 Å². The molecular formula is C13H15ClFNO2. The van der Waals surface area contributed by atoms with Crippen LogP contribution in [0.25, 0.3) is 0 Å². The summed E-state index contributed by atoms with van der Waals surface area (Å²) in [6.07, 6.45) is 2.87. The summed E-state index contributed by atoms with van der Waals surface area (Å²) in [5.74, 6) is -0.497. The fourth-order valence-corrected chi connectivity index (χ4v) is 2.06. The molecule has 0 aromatic heterocycles. The van der Waals surface area contributed by atoms with Gasteiger partial charge in [0.05, 0.1) is 5.02 Å².